The lowest BCUT2D eigenvalue weighted by atomic mass is 10.2. The number of carbonyl (C=O) groups is 3. The Kier molecular flexibility index (Phi) is 21.8. The second-order valence-electron chi connectivity index (χ2n) is 18.6. The zero-order valence-electron chi connectivity index (χ0n) is 47.7. The van der Waals surface area contributed by atoms with Gasteiger partial charge in [0.2, 0.25) is 6.29 Å². The summed E-state index contributed by atoms with van der Waals surface area (Å²) in [6.45, 7) is 6.61. The van der Waals surface area contributed by atoms with Crippen molar-refractivity contribution in [2.24, 2.45) is 5.92 Å². The molecule has 0 bridgehead atoms. The molecule has 22 heteroatoms. The predicted octanol–water partition coefficient (Wildman–Crippen LogP) is 12.5. The monoisotopic (exact) mass is 1170 g/mol. The molecule has 0 aliphatic heterocycles. The van der Waals surface area contributed by atoms with Gasteiger partial charge in [-0.3, -0.25) is 4.79 Å². The largest absolute Gasteiger partial charge is 0.497 e. The van der Waals surface area contributed by atoms with Crippen LogP contribution in [-0.4, -0.2) is 102 Å². The van der Waals surface area contributed by atoms with Crippen LogP contribution < -0.4 is 39.5 Å². The smallest absolute Gasteiger partial charge is 0.410 e. The number of aromatic nitrogens is 6. The van der Waals surface area contributed by atoms with Crippen molar-refractivity contribution in [3.8, 4) is 17.2 Å². The molecule has 2 atom stereocenters. The van der Waals surface area contributed by atoms with Crippen LogP contribution in [0, 0.1) is 5.92 Å². The van der Waals surface area contributed by atoms with Crippen LogP contribution in [0.4, 0.5) is 44.1 Å². The first-order valence-electron chi connectivity index (χ1n) is 26.2. The van der Waals surface area contributed by atoms with Crippen molar-refractivity contribution in [1.82, 2.24) is 40.5 Å². The van der Waals surface area contributed by atoms with E-state index in [2.05, 4.69) is 40.5 Å². The van der Waals surface area contributed by atoms with Gasteiger partial charge in [-0.05, 0) is 116 Å². The molecule has 3 heterocycles. The summed E-state index contributed by atoms with van der Waals surface area (Å²) >= 11 is 11.6. The third-order valence-corrected chi connectivity index (χ3v) is 12.7. The number of nitrogens with one attached hydrogen (secondary N) is 2. The van der Waals surface area contributed by atoms with Gasteiger partial charge < -0.3 is 53.8 Å². The molecule has 0 saturated carbocycles. The number of ether oxygens (including phenoxy) is 6. The molecule has 3 aromatic heterocycles. The van der Waals surface area contributed by atoms with Gasteiger partial charge in [0.05, 0.1) is 62.8 Å². The Hall–Kier alpha value is -9.27. The molecule has 432 valence electrons. The standard InChI is InChI=1S/C24H28N4O5.C20H21ClN4O3.C17H16ClN3O/c1-15(2)23(29)32-16(3)33-24(30)25-14-21-26-20-9-7-6-8-19(20)22(27-21)28(4)17-10-12-18(31-5)13-11-17;1-13(21)28-20(26)22-12-18-23-17-7-5-4-6-16(17)19(24-18)25(2)14-8-10-15(27-3)11-9-14;1-21(12-7-9-13(22-2)10-8-12)17-14-5-3-4-6-15(14)19-16(11-18)20-17/h6-13,15-16H,14H2,1-5H3,(H,25,30);4-11,13H,12H2,1-3H3,(H,22,26);3-10H,11H2,1-2H3. The number of anilines is 6. The van der Waals surface area contributed by atoms with Gasteiger partial charge >= 0.3 is 18.2 Å². The Balaban J connectivity index is 0.000000182. The number of amides is 2. The molecule has 0 saturated heterocycles. The highest BCUT2D eigenvalue weighted by atomic mass is 35.5. The lowest BCUT2D eigenvalue weighted by Crippen LogP contribution is -2.31. The highest BCUT2D eigenvalue weighted by molar-refractivity contribution is 6.20. The Morgan fingerprint density at radius 3 is 1.11 bits per heavy atom. The van der Waals surface area contributed by atoms with Crippen LogP contribution in [0.15, 0.2) is 146 Å². The normalized spacial score (nSPS) is 11.4. The third kappa shape index (κ3) is 16.7. The average molecular weight is 1170 g/mol. The summed E-state index contributed by atoms with van der Waals surface area (Å²) < 4.78 is 30.6. The van der Waals surface area contributed by atoms with Crippen molar-refractivity contribution in [3.05, 3.63) is 163 Å². The number of carbonyl (C=O) groups excluding carboxylic acids is 3. The Morgan fingerprint density at radius 2 is 0.783 bits per heavy atom. The minimum absolute atomic E-state index is 0.0396. The fourth-order valence-electron chi connectivity index (χ4n) is 8.10. The van der Waals surface area contributed by atoms with E-state index in [0.717, 1.165) is 78.7 Å². The Bertz CT molecular complexity index is 3620. The summed E-state index contributed by atoms with van der Waals surface area (Å²) in [5.74, 6) is 5.65. The molecule has 0 fully saturated rings. The van der Waals surface area contributed by atoms with Crippen molar-refractivity contribution in [1.29, 1.82) is 0 Å². The molecule has 0 aliphatic carbocycles. The quantitative estimate of drug-likeness (QED) is 0.0464. The molecule has 20 nitrogen and oxygen atoms in total. The van der Waals surface area contributed by atoms with E-state index in [0.29, 0.717) is 23.3 Å². The van der Waals surface area contributed by atoms with Gasteiger partial charge in [0.25, 0.3) is 0 Å². The first-order chi connectivity index (χ1) is 40.0. The molecule has 0 radical (unpaired) electrons. The van der Waals surface area contributed by atoms with Crippen LogP contribution in [0.3, 0.4) is 0 Å². The number of alkyl halides is 2. The van der Waals surface area contributed by atoms with Gasteiger partial charge in [-0.25, -0.2) is 39.5 Å². The van der Waals surface area contributed by atoms with Gasteiger partial charge in [-0.2, -0.15) is 0 Å². The van der Waals surface area contributed by atoms with Crippen molar-refractivity contribution in [3.63, 3.8) is 0 Å². The van der Waals surface area contributed by atoms with Crippen molar-refractivity contribution in [2.45, 2.75) is 58.5 Å². The van der Waals surface area contributed by atoms with Crippen LogP contribution >= 0.6 is 23.2 Å². The lowest BCUT2D eigenvalue weighted by Gasteiger charge is -2.21. The van der Waals surface area contributed by atoms with E-state index in [1.165, 1.54) is 6.92 Å². The maximum Gasteiger partial charge on any atom is 0.410 e. The van der Waals surface area contributed by atoms with E-state index in [-0.39, 0.29) is 24.9 Å². The molecule has 2 unspecified atom stereocenters. The molecule has 0 spiro atoms. The second kappa shape index (κ2) is 29.4. The first-order valence-corrected chi connectivity index (χ1v) is 27.2. The summed E-state index contributed by atoms with van der Waals surface area (Å²) in [7, 11) is 10.7. The molecule has 6 aromatic carbocycles. The fraction of sp³-hybridized carbons (Fsp3) is 0.262. The predicted molar refractivity (Wildman–Crippen MR) is 324 cm³/mol. The summed E-state index contributed by atoms with van der Waals surface area (Å²) in [6.07, 6.45) is -2.36. The van der Waals surface area contributed by atoms with Gasteiger partial charge in [0.15, 0.2) is 17.2 Å². The zero-order valence-corrected chi connectivity index (χ0v) is 49.2. The van der Waals surface area contributed by atoms with E-state index in [1.54, 1.807) is 42.1 Å². The lowest BCUT2D eigenvalue weighted by molar-refractivity contribution is -0.168. The second-order valence-corrected chi connectivity index (χ2v) is 19.4. The summed E-state index contributed by atoms with van der Waals surface area (Å²) in [6, 6.07) is 46.5. The maximum atomic E-state index is 12.1. The number of para-hydroxylation sites is 3. The Morgan fingerprint density at radius 1 is 0.458 bits per heavy atom. The van der Waals surface area contributed by atoms with Gasteiger partial charge in [0, 0.05) is 61.3 Å². The molecule has 83 heavy (non-hydrogen) atoms. The minimum atomic E-state index is -1.01. The molecule has 9 aromatic rings. The van der Waals surface area contributed by atoms with Crippen molar-refractivity contribution < 1.29 is 42.8 Å². The SMILES string of the molecule is COc1ccc(N(C)c2nc(CCl)nc3ccccc23)cc1.COc1ccc(N(C)c2nc(CNC(=O)OC(C)Cl)nc3ccccc23)cc1.COc1ccc(N(C)c2nc(CNC(=O)OC(C)OC(=O)C(C)C)nc3ccccc23)cc1. The third-order valence-electron chi connectivity index (χ3n) is 12.4. The minimum Gasteiger partial charge on any atom is -0.497 e. The van der Waals surface area contributed by atoms with Crippen LogP contribution in [0.25, 0.3) is 32.7 Å². The molecular weight excluding hydrogens is 1100 g/mol. The zero-order chi connectivity index (χ0) is 59.6. The number of esters is 1. The van der Waals surface area contributed by atoms with E-state index < -0.39 is 30.0 Å². The van der Waals surface area contributed by atoms with E-state index >= 15 is 0 Å². The van der Waals surface area contributed by atoms with Crippen LogP contribution in [-0.2, 0) is 38.0 Å². The first kappa shape index (κ1) is 61.4. The number of alkyl carbamates (subject to hydrolysis) is 2. The molecule has 0 aliphatic rings. The highest BCUT2D eigenvalue weighted by Crippen LogP contribution is 2.33. The number of nitrogens with zero attached hydrogens (tertiary/aromatic N) is 9. The number of hydrogen-bond acceptors (Lipinski definition) is 18. The van der Waals surface area contributed by atoms with Crippen molar-refractivity contribution in [2.75, 3.05) is 57.2 Å². The van der Waals surface area contributed by atoms with E-state index in [1.807, 2.05) is 181 Å². The number of hydrogen-bond donors (Lipinski definition) is 2. The number of benzene rings is 6. The number of fused-ring (bicyclic) bond motifs is 3. The van der Waals surface area contributed by atoms with Crippen LogP contribution in [0.5, 0.6) is 17.2 Å². The maximum absolute atomic E-state index is 12.1. The Labute approximate surface area is 491 Å². The van der Waals surface area contributed by atoms with Gasteiger partial charge in [-0.1, -0.05) is 61.8 Å². The van der Waals surface area contributed by atoms with Gasteiger partial charge in [0.1, 0.15) is 40.5 Å². The van der Waals surface area contributed by atoms with Crippen molar-refractivity contribution >= 4 is 109 Å². The molecule has 2 amide bonds. The van der Waals surface area contributed by atoms with Crippen LogP contribution in [0.2, 0.25) is 0 Å². The number of rotatable bonds is 18. The summed E-state index contributed by atoms with van der Waals surface area (Å²) in [5.41, 5.74) is 4.58. The number of methoxy groups -OCH3 is 3. The van der Waals surface area contributed by atoms with Gasteiger partial charge in [-0.15, -0.1) is 11.6 Å². The van der Waals surface area contributed by atoms with Crippen LogP contribution in [0.1, 0.15) is 45.2 Å². The van der Waals surface area contributed by atoms with E-state index in [4.69, 9.17) is 51.6 Å². The molecule has 2 N–H and O–H groups in total. The highest BCUT2D eigenvalue weighted by Gasteiger charge is 2.20. The summed E-state index contributed by atoms with van der Waals surface area (Å²) in [4.78, 5) is 68.9. The fourth-order valence-corrected chi connectivity index (χ4v) is 8.30. The topological polar surface area (TPSA) is 218 Å². The molecular formula is C61H65Cl2N11O9. The summed E-state index contributed by atoms with van der Waals surface area (Å²) in [5, 5.41) is 7.99. The molecule has 9 rings (SSSR count). The average Bonchev–Trinajstić information content (AvgIpc) is 3.65. The van der Waals surface area contributed by atoms with E-state index in [9.17, 15) is 14.4 Å². The number of halogens is 2.